The van der Waals surface area contributed by atoms with E-state index in [1.165, 1.54) is 24.5 Å². The average Bonchev–Trinajstić information content (AvgIpc) is 2.39. The molecule has 0 aliphatic rings. The molecule has 5 heteroatoms. The van der Waals surface area contributed by atoms with Gasteiger partial charge in [-0.05, 0) is 29.8 Å². The number of aromatic nitrogens is 2. The molecule has 0 atom stereocenters. The Balaban J connectivity index is 2.26. The van der Waals surface area contributed by atoms with E-state index in [0.29, 0.717) is 16.5 Å². The van der Waals surface area contributed by atoms with Gasteiger partial charge in [0.1, 0.15) is 11.6 Å². The summed E-state index contributed by atoms with van der Waals surface area (Å²) in [4.78, 5) is 18.1. The zero-order valence-corrected chi connectivity index (χ0v) is 9.65. The van der Waals surface area contributed by atoms with Crippen LogP contribution in [0.1, 0.15) is 0 Å². The van der Waals surface area contributed by atoms with Crippen molar-refractivity contribution in [2.24, 2.45) is 0 Å². The molecule has 0 bridgehead atoms. The van der Waals surface area contributed by atoms with E-state index in [-0.39, 0.29) is 11.1 Å². The van der Waals surface area contributed by atoms with Crippen LogP contribution in [-0.4, -0.2) is 9.97 Å². The van der Waals surface area contributed by atoms with Crippen molar-refractivity contribution < 1.29 is 8.78 Å². The van der Waals surface area contributed by atoms with E-state index in [2.05, 4.69) is 9.97 Å². The normalized spacial score (nSPS) is 10.8. The van der Waals surface area contributed by atoms with E-state index in [0.717, 1.165) is 6.07 Å². The average molecular weight is 258 g/mol. The summed E-state index contributed by atoms with van der Waals surface area (Å²) < 4.78 is 26.6. The van der Waals surface area contributed by atoms with Crippen molar-refractivity contribution in [1.82, 2.24) is 9.97 Å². The fraction of sp³-hybridized carbons (Fsp3) is 0. The quantitative estimate of drug-likeness (QED) is 0.729. The van der Waals surface area contributed by atoms with Gasteiger partial charge in [0.15, 0.2) is 0 Å². The fourth-order valence-electron chi connectivity index (χ4n) is 1.96. The lowest BCUT2D eigenvalue weighted by molar-refractivity contribution is 0.585. The van der Waals surface area contributed by atoms with Crippen molar-refractivity contribution in [2.75, 3.05) is 0 Å². The van der Waals surface area contributed by atoms with Gasteiger partial charge in [-0.2, -0.15) is 0 Å². The highest BCUT2D eigenvalue weighted by Gasteiger charge is 2.08. The number of aromatic amines is 1. The van der Waals surface area contributed by atoms with Gasteiger partial charge < -0.3 is 4.98 Å². The minimum absolute atomic E-state index is 0.242. The second-order valence-corrected chi connectivity index (χ2v) is 4.09. The monoisotopic (exact) mass is 258 g/mol. The number of hydrogen-bond acceptors (Lipinski definition) is 2. The third-order valence-corrected chi connectivity index (χ3v) is 2.88. The van der Waals surface area contributed by atoms with Crippen LogP contribution < -0.4 is 5.56 Å². The molecule has 3 rings (SSSR count). The number of halogens is 2. The second kappa shape index (κ2) is 4.28. The van der Waals surface area contributed by atoms with Crippen LogP contribution in [0.4, 0.5) is 8.78 Å². The van der Waals surface area contributed by atoms with Gasteiger partial charge in [-0.25, -0.2) is 13.8 Å². The van der Waals surface area contributed by atoms with Crippen molar-refractivity contribution in [3.8, 4) is 11.1 Å². The number of hydrogen-bond donors (Lipinski definition) is 1. The Morgan fingerprint density at radius 3 is 2.68 bits per heavy atom. The summed E-state index contributed by atoms with van der Waals surface area (Å²) in [5.41, 5.74) is 0.972. The van der Waals surface area contributed by atoms with Crippen molar-refractivity contribution in [3.05, 3.63) is 64.7 Å². The number of fused-ring (bicyclic) bond motifs is 1. The molecule has 2 aromatic carbocycles. The van der Waals surface area contributed by atoms with Crippen molar-refractivity contribution >= 4 is 10.9 Å². The van der Waals surface area contributed by atoms with Crippen LogP contribution in [0.15, 0.2) is 47.5 Å². The number of H-pyrrole nitrogens is 1. The van der Waals surface area contributed by atoms with E-state index in [1.807, 2.05) is 0 Å². The first-order valence-corrected chi connectivity index (χ1v) is 5.58. The van der Waals surface area contributed by atoms with Gasteiger partial charge in [0.2, 0.25) is 0 Å². The van der Waals surface area contributed by atoms with Crippen LogP contribution in [0.2, 0.25) is 0 Å². The van der Waals surface area contributed by atoms with Gasteiger partial charge in [-0.15, -0.1) is 0 Å². The van der Waals surface area contributed by atoms with E-state index in [4.69, 9.17) is 0 Å². The largest absolute Gasteiger partial charge is 0.313 e. The van der Waals surface area contributed by atoms with Gasteiger partial charge in [-0.3, -0.25) is 4.79 Å². The third-order valence-electron chi connectivity index (χ3n) is 2.88. The van der Waals surface area contributed by atoms with Gasteiger partial charge in [0, 0.05) is 11.6 Å². The zero-order valence-electron chi connectivity index (χ0n) is 9.65. The molecule has 1 heterocycles. The predicted molar refractivity (Wildman–Crippen MR) is 67.7 cm³/mol. The van der Waals surface area contributed by atoms with Crippen molar-refractivity contribution in [1.29, 1.82) is 0 Å². The smallest absolute Gasteiger partial charge is 0.258 e. The molecule has 0 aliphatic carbocycles. The van der Waals surface area contributed by atoms with Crippen molar-refractivity contribution in [3.63, 3.8) is 0 Å². The Hall–Kier alpha value is -2.56. The molecule has 0 fully saturated rings. The van der Waals surface area contributed by atoms with Crippen LogP contribution >= 0.6 is 0 Å². The molecule has 1 aromatic heterocycles. The molecule has 0 radical (unpaired) electrons. The molecular weight excluding hydrogens is 250 g/mol. The van der Waals surface area contributed by atoms with E-state index >= 15 is 0 Å². The minimum atomic E-state index is -0.667. The summed E-state index contributed by atoms with van der Waals surface area (Å²) in [6.07, 6.45) is 1.31. The highest BCUT2D eigenvalue weighted by atomic mass is 19.1. The molecule has 19 heavy (non-hydrogen) atoms. The summed E-state index contributed by atoms with van der Waals surface area (Å²) in [7, 11) is 0. The SMILES string of the molecule is O=c1[nH]cnc2ccc(-c3ccc(F)cc3F)cc12. The maximum Gasteiger partial charge on any atom is 0.258 e. The summed E-state index contributed by atoms with van der Waals surface area (Å²) in [5.74, 6) is -1.30. The molecule has 0 unspecified atom stereocenters. The lowest BCUT2D eigenvalue weighted by Crippen LogP contribution is -2.06. The number of benzene rings is 2. The molecule has 0 saturated carbocycles. The molecule has 0 aliphatic heterocycles. The van der Waals surface area contributed by atoms with Gasteiger partial charge in [-0.1, -0.05) is 6.07 Å². The van der Waals surface area contributed by atoms with Gasteiger partial charge in [0.25, 0.3) is 5.56 Å². The molecule has 3 nitrogen and oxygen atoms in total. The molecule has 94 valence electrons. The van der Waals surface area contributed by atoms with Crippen LogP contribution in [0.5, 0.6) is 0 Å². The Bertz CT molecular complexity index is 827. The van der Waals surface area contributed by atoms with Crippen LogP contribution in [0, 0.1) is 11.6 Å². The van der Waals surface area contributed by atoms with Crippen LogP contribution in [0.25, 0.3) is 22.0 Å². The Morgan fingerprint density at radius 1 is 1.05 bits per heavy atom. The number of nitrogens with one attached hydrogen (secondary N) is 1. The first-order valence-electron chi connectivity index (χ1n) is 5.58. The van der Waals surface area contributed by atoms with E-state index in [9.17, 15) is 13.6 Å². The number of nitrogens with zero attached hydrogens (tertiary/aromatic N) is 1. The maximum absolute atomic E-state index is 13.7. The van der Waals surface area contributed by atoms with Crippen LogP contribution in [0.3, 0.4) is 0 Å². The molecular formula is C14H8F2N2O. The highest BCUT2D eigenvalue weighted by molar-refractivity contribution is 5.83. The standard InChI is InChI=1S/C14H8F2N2O/c15-9-2-3-10(12(16)6-9)8-1-4-13-11(5-8)14(19)18-7-17-13/h1-7H,(H,17,18,19). The molecule has 1 N–H and O–H groups in total. The molecule has 0 amide bonds. The van der Waals surface area contributed by atoms with Crippen LogP contribution in [-0.2, 0) is 0 Å². The van der Waals surface area contributed by atoms with Gasteiger partial charge >= 0.3 is 0 Å². The fourth-order valence-corrected chi connectivity index (χ4v) is 1.96. The zero-order chi connectivity index (χ0) is 13.4. The summed E-state index contributed by atoms with van der Waals surface area (Å²) in [5, 5.41) is 0.365. The molecule has 3 aromatic rings. The lowest BCUT2D eigenvalue weighted by Gasteiger charge is -2.04. The first-order chi connectivity index (χ1) is 9.15. The van der Waals surface area contributed by atoms with Gasteiger partial charge in [0.05, 0.1) is 17.2 Å². The molecule has 0 spiro atoms. The lowest BCUT2D eigenvalue weighted by atomic mass is 10.0. The van der Waals surface area contributed by atoms with Crippen molar-refractivity contribution in [2.45, 2.75) is 0 Å². The number of rotatable bonds is 1. The molecule has 0 saturated heterocycles. The highest BCUT2D eigenvalue weighted by Crippen LogP contribution is 2.25. The Morgan fingerprint density at radius 2 is 1.89 bits per heavy atom. The Labute approximate surface area is 106 Å². The summed E-state index contributed by atoms with van der Waals surface area (Å²) >= 11 is 0. The minimum Gasteiger partial charge on any atom is -0.313 e. The summed E-state index contributed by atoms with van der Waals surface area (Å²) in [6, 6.07) is 8.14. The maximum atomic E-state index is 13.7. The van der Waals surface area contributed by atoms with E-state index in [1.54, 1.807) is 12.1 Å². The Kier molecular flexibility index (Phi) is 2.59. The predicted octanol–water partition coefficient (Wildman–Crippen LogP) is 2.87. The third kappa shape index (κ3) is 1.99. The topological polar surface area (TPSA) is 45.8 Å². The first kappa shape index (κ1) is 11.5. The summed E-state index contributed by atoms with van der Waals surface area (Å²) in [6.45, 7) is 0. The second-order valence-electron chi connectivity index (χ2n) is 4.09. The van der Waals surface area contributed by atoms with E-state index < -0.39 is 11.6 Å².